The van der Waals surface area contributed by atoms with Crippen molar-refractivity contribution in [3.05, 3.63) is 0 Å². The topological polar surface area (TPSA) is 185 Å². The van der Waals surface area contributed by atoms with Crippen molar-refractivity contribution in [3.63, 3.8) is 0 Å². The number of ether oxygens (including phenoxy) is 6. The Hall–Kier alpha value is -2.95. The average molecular weight is 1070 g/mol. The molecule has 1 unspecified atom stereocenters. The van der Waals surface area contributed by atoms with Crippen LogP contribution in [0.2, 0.25) is 0 Å². The number of thioether (sulfide) groups is 1. The average Bonchev–Trinajstić information content (AvgIpc) is 3.38. The van der Waals surface area contributed by atoms with Crippen LogP contribution in [-0.2, 0) is 52.4 Å². The maximum absolute atomic E-state index is 13.5. The van der Waals surface area contributed by atoms with E-state index in [1.165, 1.54) is 37.4 Å². The number of esters is 5. The predicted octanol–water partition coefficient (Wildman–Crippen LogP) is 12.9. The number of rotatable bonds is 53. The number of carbonyl (C=O) groups excluding carboxylic acids is 6. The van der Waals surface area contributed by atoms with Crippen LogP contribution in [0.1, 0.15) is 240 Å². The summed E-state index contributed by atoms with van der Waals surface area (Å²) in [5, 5.41) is 10.8. The number of hydrogen-bond donors (Lipinski definition) is 1. The summed E-state index contributed by atoms with van der Waals surface area (Å²) in [6.07, 6.45) is 27.1. The Balaban J connectivity index is 5.41. The Morgan fingerprint density at radius 2 is 0.703 bits per heavy atom. The van der Waals surface area contributed by atoms with E-state index >= 15 is 0 Å². The molecule has 0 bridgehead atoms. The molecule has 0 saturated carbocycles. The van der Waals surface area contributed by atoms with Crippen LogP contribution in [0.15, 0.2) is 0 Å². The third kappa shape index (κ3) is 47.5. The van der Waals surface area contributed by atoms with Gasteiger partial charge in [-0.3, -0.25) is 28.8 Å². The fourth-order valence-electron chi connectivity index (χ4n) is 8.03. The highest BCUT2D eigenvalue weighted by atomic mass is 32.2. The molecule has 16 heteroatoms. The van der Waals surface area contributed by atoms with Crippen molar-refractivity contribution in [2.45, 2.75) is 246 Å². The first kappa shape index (κ1) is 71.0. The van der Waals surface area contributed by atoms with Gasteiger partial charge in [0.05, 0.1) is 31.7 Å². The zero-order valence-electron chi connectivity index (χ0n) is 47.8. The van der Waals surface area contributed by atoms with Crippen molar-refractivity contribution in [1.82, 2.24) is 9.80 Å². The molecule has 0 rings (SSSR count). The van der Waals surface area contributed by atoms with E-state index in [2.05, 4.69) is 32.6 Å². The van der Waals surface area contributed by atoms with Crippen molar-refractivity contribution in [2.24, 2.45) is 11.8 Å². The third-order valence-corrected chi connectivity index (χ3v) is 13.8. The van der Waals surface area contributed by atoms with Crippen LogP contribution in [0.3, 0.4) is 0 Å². The van der Waals surface area contributed by atoms with Crippen molar-refractivity contribution in [1.29, 1.82) is 0 Å². The highest BCUT2D eigenvalue weighted by Crippen LogP contribution is 2.17. The van der Waals surface area contributed by atoms with E-state index in [9.17, 15) is 33.9 Å². The number of carbonyl (C=O) groups is 6. The van der Waals surface area contributed by atoms with Gasteiger partial charge in [0.2, 0.25) is 0 Å². The fourth-order valence-corrected chi connectivity index (χ4v) is 8.84. The minimum atomic E-state index is -1.17. The normalized spacial score (nSPS) is 11.8. The first-order chi connectivity index (χ1) is 35.8. The van der Waals surface area contributed by atoms with Gasteiger partial charge < -0.3 is 43.3 Å². The molecule has 0 saturated heterocycles. The number of unbranched alkanes of at least 4 members (excludes halogenated alkanes) is 20. The van der Waals surface area contributed by atoms with Gasteiger partial charge in [0, 0.05) is 50.9 Å². The SMILES string of the molecule is CCCCCCCCC(=O)OCC(COC(=O)CCCCCCCC)COC(=O)CCCN(CCCC(O)OCC(COC(=O)CCCCCCCC)COC(=O)CCCCCCCC)C(=O)SCCCN(C)C. The summed E-state index contributed by atoms with van der Waals surface area (Å²) < 4.78 is 33.7. The van der Waals surface area contributed by atoms with Gasteiger partial charge in [0.15, 0.2) is 6.29 Å². The summed E-state index contributed by atoms with van der Waals surface area (Å²) in [6, 6.07) is 0. The lowest BCUT2D eigenvalue weighted by molar-refractivity contribution is -0.157. The zero-order valence-corrected chi connectivity index (χ0v) is 48.6. The van der Waals surface area contributed by atoms with Crippen LogP contribution in [-0.4, -0.2) is 135 Å². The van der Waals surface area contributed by atoms with E-state index in [1.54, 1.807) is 4.90 Å². The van der Waals surface area contributed by atoms with Crippen LogP contribution >= 0.6 is 11.8 Å². The largest absolute Gasteiger partial charge is 0.465 e. The van der Waals surface area contributed by atoms with Gasteiger partial charge in [-0.2, -0.15) is 0 Å². The van der Waals surface area contributed by atoms with Crippen molar-refractivity contribution >= 4 is 46.8 Å². The van der Waals surface area contributed by atoms with E-state index in [-0.39, 0.29) is 88.1 Å². The summed E-state index contributed by atoms with van der Waals surface area (Å²) in [5.41, 5.74) is 0. The molecule has 0 aromatic heterocycles. The number of aliphatic hydroxyl groups excluding tert-OH is 1. The lowest BCUT2D eigenvalue weighted by Crippen LogP contribution is -2.32. The second-order valence-corrected chi connectivity index (χ2v) is 21.6. The quantitative estimate of drug-likeness (QED) is 0.0262. The second-order valence-electron chi connectivity index (χ2n) is 20.5. The van der Waals surface area contributed by atoms with Crippen molar-refractivity contribution in [3.8, 4) is 0 Å². The van der Waals surface area contributed by atoms with Crippen LogP contribution < -0.4 is 0 Å². The molecule has 74 heavy (non-hydrogen) atoms. The Labute approximate surface area is 454 Å². The maximum Gasteiger partial charge on any atom is 0.305 e. The van der Waals surface area contributed by atoms with E-state index in [1.807, 2.05) is 14.1 Å². The van der Waals surface area contributed by atoms with Crippen LogP contribution in [0.4, 0.5) is 4.79 Å². The molecule has 0 radical (unpaired) electrons. The molecular weight excluding hydrogens is 965 g/mol. The molecule has 0 fully saturated rings. The first-order valence-corrected chi connectivity index (χ1v) is 30.5. The van der Waals surface area contributed by atoms with Gasteiger partial charge in [-0.05, 0) is 72.0 Å². The molecule has 15 nitrogen and oxygen atoms in total. The Morgan fingerprint density at radius 3 is 1.05 bits per heavy atom. The summed E-state index contributed by atoms with van der Waals surface area (Å²) in [4.78, 5) is 80.6. The summed E-state index contributed by atoms with van der Waals surface area (Å²) >= 11 is 1.22. The van der Waals surface area contributed by atoms with Gasteiger partial charge in [0.25, 0.3) is 5.24 Å². The number of nitrogens with zero attached hydrogens (tertiary/aromatic N) is 2. The van der Waals surface area contributed by atoms with Gasteiger partial charge >= 0.3 is 29.8 Å². The molecule has 0 aliphatic rings. The Morgan fingerprint density at radius 1 is 0.392 bits per heavy atom. The molecule has 0 aliphatic heterocycles. The lowest BCUT2D eigenvalue weighted by Gasteiger charge is -2.24. The molecule has 0 aromatic rings. The molecule has 1 N–H and O–H groups in total. The van der Waals surface area contributed by atoms with Gasteiger partial charge in [-0.25, -0.2) is 0 Å². The van der Waals surface area contributed by atoms with E-state index < -0.39 is 24.1 Å². The second kappa shape index (κ2) is 52.1. The molecule has 1 amide bonds. The Kier molecular flexibility index (Phi) is 50.0. The lowest BCUT2D eigenvalue weighted by atomic mass is 10.1. The standard InChI is InChI=1S/C58H108N2O13S/c1-7-11-15-19-23-27-34-52(61)68-44-50(45-69-53(62)35-28-24-20-16-12-8-2)48-72-56(65)38-31-41-60(58(67)74-43-33-40-59(5)6)42-32-39-57(66)73-49-51(46-70-54(63)36-29-25-21-17-13-9-3)47-71-55(64)37-30-26-22-18-14-10-4/h50-51,56,65H,7-49H2,1-6H3. The molecular formula is C58H108N2O13S. The zero-order chi connectivity index (χ0) is 54.7. The van der Waals surface area contributed by atoms with Crippen molar-refractivity contribution < 1.29 is 62.3 Å². The minimum Gasteiger partial charge on any atom is -0.465 e. The molecule has 434 valence electrons. The van der Waals surface area contributed by atoms with E-state index in [0.717, 1.165) is 141 Å². The first-order valence-electron chi connectivity index (χ1n) is 29.5. The van der Waals surface area contributed by atoms with Crippen LogP contribution in [0, 0.1) is 11.8 Å². The highest BCUT2D eigenvalue weighted by molar-refractivity contribution is 8.13. The predicted molar refractivity (Wildman–Crippen MR) is 297 cm³/mol. The van der Waals surface area contributed by atoms with E-state index in [4.69, 9.17) is 28.4 Å². The smallest absolute Gasteiger partial charge is 0.305 e. The van der Waals surface area contributed by atoms with Gasteiger partial charge in [-0.1, -0.05) is 168 Å². The summed E-state index contributed by atoms with van der Waals surface area (Å²) in [7, 11) is 3.97. The highest BCUT2D eigenvalue weighted by Gasteiger charge is 2.21. The maximum atomic E-state index is 13.5. The number of aliphatic hydroxyl groups is 1. The molecule has 0 aliphatic carbocycles. The van der Waals surface area contributed by atoms with Gasteiger partial charge in [-0.15, -0.1) is 0 Å². The molecule has 1 atom stereocenters. The number of hydrogen-bond acceptors (Lipinski definition) is 15. The molecule has 0 heterocycles. The Bertz CT molecular complexity index is 1320. The fraction of sp³-hybridized carbons (Fsp3) is 0.897. The van der Waals surface area contributed by atoms with Crippen LogP contribution in [0.25, 0.3) is 0 Å². The van der Waals surface area contributed by atoms with E-state index in [0.29, 0.717) is 50.8 Å². The molecule has 0 spiro atoms. The summed E-state index contributed by atoms with van der Waals surface area (Å²) in [6.45, 7) is 9.97. The third-order valence-electron chi connectivity index (χ3n) is 12.8. The minimum absolute atomic E-state index is 0.00161. The molecule has 0 aromatic carbocycles. The van der Waals surface area contributed by atoms with Crippen LogP contribution in [0.5, 0.6) is 0 Å². The van der Waals surface area contributed by atoms with Crippen molar-refractivity contribution in [2.75, 3.05) is 79.1 Å². The van der Waals surface area contributed by atoms with Gasteiger partial charge in [0.1, 0.15) is 19.8 Å². The monoisotopic (exact) mass is 1070 g/mol. The number of amides is 1. The summed E-state index contributed by atoms with van der Waals surface area (Å²) in [5.74, 6) is -2.09.